The van der Waals surface area contributed by atoms with Crippen molar-refractivity contribution >= 4 is 19.4 Å². The molecule has 1 fully saturated rings. The van der Waals surface area contributed by atoms with E-state index in [1.54, 1.807) is 32.0 Å². The van der Waals surface area contributed by atoms with Crippen molar-refractivity contribution in [3.8, 4) is 5.75 Å². The highest BCUT2D eigenvalue weighted by Crippen LogP contribution is 2.51. The molecule has 38 heavy (non-hydrogen) atoms. The SMILES string of the molecule is CC(C)OC(=O)[C@H](C)CP(=O)(OC[C@H]1O[C@@H](n2cc(F)c(N)nc2=O)C(F)(CF)[C@H]1O)Oc1ccccc1. The summed E-state index contributed by atoms with van der Waals surface area (Å²) in [4.78, 5) is 27.7. The molecule has 0 spiro atoms. The maximum absolute atomic E-state index is 15.5. The fourth-order valence-corrected chi connectivity index (χ4v) is 5.58. The Hall–Kier alpha value is -2.93. The van der Waals surface area contributed by atoms with Crippen LogP contribution in [0.3, 0.4) is 0 Å². The molecule has 15 heteroatoms. The number of anilines is 1. The molecule has 1 saturated heterocycles. The first kappa shape index (κ1) is 29.6. The van der Waals surface area contributed by atoms with E-state index < -0.39 is 86.5 Å². The maximum Gasteiger partial charge on any atom is 0.380 e. The van der Waals surface area contributed by atoms with Crippen LogP contribution in [0.5, 0.6) is 5.75 Å². The van der Waals surface area contributed by atoms with E-state index in [-0.39, 0.29) is 5.75 Å². The molecule has 3 N–H and O–H groups in total. The molecule has 11 nitrogen and oxygen atoms in total. The standard InChI is InChI=1S/C23H29F3N3O8P/c1-13(2)35-20(31)14(3)11-38(33,37-15-7-5-4-6-8-15)34-10-17-18(30)23(26,12-24)21(36-17)29-9-16(25)19(27)28-22(29)32/h4-9,13-14,17-18,21,30H,10-12H2,1-3H3,(H2,27,28,32)/t14-,17-,18+,21-,23?,38?/m1/s1. The molecular weight excluding hydrogens is 534 g/mol. The first-order valence-electron chi connectivity index (χ1n) is 11.6. The van der Waals surface area contributed by atoms with Crippen LogP contribution < -0.4 is 15.9 Å². The van der Waals surface area contributed by atoms with Crippen molar-refractivity contribution in [2.45, 2.75) is 51.0 Å². The number of nitrogen functional groups attached to an aromatic ring is 1. The number of para-hydroxylation sites is 1. The molecular formula is C23H29F3N3O8P. The van der Waals surface area contributed by atoms with Crippen molar-refractivity contribution in [1.29, 1.82) is 0 Å². The van der Waals surface area contributed by atoms with Gasteiger partial charge in [-0.3, -0.25) is 13.9 Å². The second-order valence-electron chi connectivity index (χ2n) is 9.08. The number of aromatic nitrogens is 2. The molecule has 2 unspecified atom stereocenters. The third kappa shape index (κ3) is 6.55. The number of carbonyl (C=O) groups is 1. The van der Waals surface area contributed by atoms with E-state index in [9.17, 15) is 28.0 Å². The average Bonchev–Trinajstić information content (AvgIpc) is 3.10. The van der Waals surface area contributed by atoms with Gasteiger partial charge in [0.15, 0.2) is 17.9 Å². The zero-order valence-electron chi connectivity index (χ0n) is 20.8. The molecule has 0 amide bonds. The number of benzene rings is 1. The van der Waals surface area contributed by atoms with E-state index in [0.717, 1.165) is 0 Å². The van der Waals surface area contributed by atoms with E-state index in [1.807, 2.05) is 0 Å². The lowest BCUT2D eigenvalue weighted by Crippen LogP contribution is -2.47. The number of aliphatic hydroxyl groups is 1. The van der Waals surface area contributed by atoms with Crippen LogP contribution in [-0.2, 0) is 23.4 Å². The van der Waals surface area contributed by atoms with Gasteiger partial charge in [0.05, 0.1) is 31.0 Å². The summed E-state index contributed by atoms with van der Waals surface area (Å²) in [7, 11) is -4.21. The predicted octanol–water partition coefficient (Wildman–Crippen LogP) is 2.78. The summed E-state index contributed by atoms with van der Waals surface area (Å²) in [6.45, 7) is 2.08. The predicted molar refractivity (Wildman–Crippen MR) is 128 cm³/mol. The molecule has 2 aromatic rings. The molecule has 0 bridgehead atoms. The van der Waals surface area contributed by atoms with Crippen LogP contribution in [0.25, 0.3) is 0 Å². The van der Waals surface area contributed by atoms with E-state index in [1.165, 1.54) is 19.1 Å². The molecule has 1 aliphatic rings. The molecule has 0 saturated carbocycles. The van der Waals surface area contributed by atoms with Crippen LogP contribution >= 0.6 is 7.60 Å². The number of rotatable bonds is 11. The molecule has 0 aliphatic carbocycles. The third-order valence-corrected chi connectivity index (χ3v) is 7.65. The van der Waals surface area contributed by atoms with Crippen molar-refractivity contribution in [3.05, 3.63) is 52.8 Å². The van der Waals surface area contributed by atoms with Crippen LogP contribution in [0, 0.1) is 11.7 Å². The molecule has 0 radical (unpaired) electrons. The minimum Gasteiger partial charge on any atom is -0.463 e. The fraction of sp³-hybridized carbons (Fsp3) is 0.522. The molecule has 1 aromatic carbocycles. The third-order valence-electron chi connectivity index (χ3n) is 5.62. The summed E-state index contributed by atoms with van der Waals surface area (Å²) in [5.74, 6) is -3.47. The molecule has 210 valence electrons. The zero-order chi connectivity index (χ0) is 28.3. The van der Waals surface area contributed by atoms with Crippen molar-refractivity contribution in [1.82, 2.24) is 9.55 Å². The highest BCUT2D eigenvalue weighted by atomic mass is 31.2. The Labute approximate surface area is 216 Å². The minimum atomic E-state index is -4.21. The number of hydrogen-bond acceptors (Lipinski definition) is 10. The second-order valence-corrected chi connectivity index (χ2v) is 11.1. The Morgan fingerprint density at radius 1 is 1.32 bits per heavy atom. The monoisotopic (exact) mass is 563 g/mol. The second kappa shape index (κ2) is 11.9. The molecule has 1 aliphatic heterocycles. The van der Waals surface area contributed by atoms with Gasteiger partial charge >= 0.3 is 19.3 Å². The summed E-state index contributed by atoms with van der Waals surface area (Å²) in [5.41, 5.74) is 0.757. The lowest BCUT2D eigenvalue weighted by Gasteiger charge is -2.26. The minimum absolute atomic E-state index is 0.129. The van der Waals surface area contributed by atoms with Gasteiger partial charge < -0.3 is 24.8 Å². The van der Waals surface area contributed by atoms with E-state index >= 15 is 4.39 Å². The quantitative estimate of drug-likeness (QED) is 0.308. The van der Waals surface area contributed by atoms with E-state index in [0.29, 0.717) is 10.8 Å². The smallest absolute Gasteiger partial charge is 0.380 e. The summed E-state index contributed by atoms with van der Waals surface area (Å²) < 4.78 is 78.8. The zero-order valence-corrected chi connectivity index (χ0v) is 21.7. The number of alkyl halides is 2. The largest absolute Gasteiger partial charge is 0.463 e. The van der Waals surface area contributed by atoms with Crippen LogP contribution in [-0.4, -0.2) is 64.1 Å². The van der Waals surface area contributed by atoms with Gasteiger partial charge in [-0.05, 0) is 26.0 Å². The van der Waals surface area contributed by atoms with Gasteiger partial charge in [-0.2, -0.15) is 4.98 Å². The van der Waals surface area contributed by atoms with Crippen molar-refractivity contribution < 1.29 is 46.2 Å². The van der Waals surface area contributed by atoms with Crippen LogP contribution in [0.4, 0.5) is 19.0 Å². The molecule has 3 rings (SSSR count). The Bertz CT molecular complexity index is 1230. The van der Waals surface area contributed by atoms with Gasteiger partial charge in [-0.15, -0.1) is 0 Å². The number of aliphatic hydroxyl groups excluding tert-OH is 1. The van der Waals surface area contributed by atoms with Crippen molar-refractivity contribution in [2.75, 3.05) is 25.2 Å². The number of carbonyl (C=O) groups excluding carboxylic acids is 1. The fourth-order valence-electron chi connectivity index (χ4n) is 3.71. The Morgan fingerprint density at radius 3 is 2.58 bits per heavy atom. The van der Waals surface area contributed by atoms with Crippen LogP contribution in [0.1, 0.15) is 27.0 Å². The molecule has 1 aromatic heterocycles. The summed E-state index contributed by atoms with van der Waals surface area (Å²) in [6.07, 6.45) is -6.50. The first-order chi connectivity index (χ1) is 17.8. The summed E-state index contributed by atoms with van der Waals surface area (Å²) >= 11 is 0. The topological polar surface area (TPSA) is 152 Å². The lowest BCUT2D eigenvalue weighted by molar-refractivity contribution is -0.151. The van der Waals surface area contributed by atoms with Gasteiger partial charge in [0.25, 0.3) is 0 Å². The number of nitrogens with two attached hydrogens (primary N) is 1. The Balaban J connectivity index is 1.84. The first-order valence-corrected chi connectivity index (χ1v) is 13.3. The number of esters is 1. The van der Waals surface area contributed by atoms with E-state index in [2.05, 4.69) is 4.98 Å². The number of nitrogens with zero attached hydrogens (tertiary/aromatic N) is 2. The van der Waals surface area contributed by atoms with Gasteiger partial charge in [0.2, 0.25) is 5.67 Å². The number of hydrogen-bond donors (Lipinski definition) is 2. The normalized spacial score (nSPS) is 25.6. The summed E-state index contributed by atoms with van der Waals surface area (Å²) in [5, 5.41) is 10.5. The lowest BCUT2D eigenvalue weighted by atomic mass is 9.97. The van der Waals surface area contributed by atoms with Gasteiger partial charge in [-0.25, -0.2) is 22.5 Å². The Morgan fingerprint density at radius 2 is 1.97 bits per heavy atom. The highest BCUT2D eigenvalue weighted by molar-refractivity contribution is 7.54. The van der Waals surface area contributed by atoms with Gasteiger partial charge in [0, 0.05) is 0 Å². The number of ether oxygens (including phenoxy) is 2. The molecule has 6 atom stereocenters. The summed E-state index contributed by atoms with van der Waals surface area (Å²) in [6, 6.07) is 7.84. The van der Waals surface area contributed by atoms with Crippen molar-refractivity contribution in [2.24, 2.45) is 5.92 Å². The van der Waals surface area contributed by atoms with Crippen LogP contribution in [0.2, 0.25) is 0 Å². The van der Waals surface area contributed by atoms with Gasteiger partial charge in [-0.1, -0.05) is 25.1 Å². The maximum atomic E-state index is 15.5. The van der Waals surface area contributed by atoms with Gasteiger partial charge in [0.1, 0.15) is 24.6 Å². The highest BCUT2D eigenvalue weighted by Gasteiger charge is 2.59. The van der Waals surface area contributed by atoms with E-state index in [4.69, 9.17) is 24.3 Å². The Kier molecular flexibility index (Phi) is 9.24. The molecule has 2 heterocycles. The number of halogens is 3. The van der Waals surface area contributed by atoms with Crippen molar-refractivity contribution in [3.63, 3.8) is 0 Å². The average molecular weight is 563 g/mol. The van der Waals surface area contributed by atoms with Crippen LogP contribution in [0.15, 0.2) is 41.3 Å².